The van der Waals surface area contributed by atoms with Crippen LogP contribution >= 0.6 is 11.8 Å². The van der Waals surface area contributed by atoms with E-state index in [1.165, 1.54) is 9.80 Å². The lowest BCUT2D eigenvalue weighted by molar-refractivity contribution is 0.828. The molecule has 1 aromatic rings. The van der Waals surface area contributed by atoms with Gasteiger partial charge in [-0.05, 0) is 29.9 Å². The van der Waals surface area contributed by atoms with E-state index in [1.54, 1.807) is 0 Å². The van der Waals surface area contributed by atoms with Crippen LogP contribution in [0.1, 0.15) is 20.8 Å². The molecule has 0 heterocycles. The first kappa shape index (κ1) is 10.4. The molecule has 0 amide bonds. The standard InChI is InChI=1S/C12H16S/c1-10(2)9-11(3)13-12-7-5-4-6-8-12/h4-10H,1-3H3. The summed E-state index contributed by atoms with van der Waals surface area (Å²) in [5.74, 6) is 0.635. The Bertz CT molecular complexity index is 272. The van der Waals surface area contributed by atoms with Crippen molar-refractivity contribution in [1.82, 2.24) is 0 Å². The predicted octanol–water partition coefficient (Wildman–Crippen LogP) is 4.34. The van der Waals surface area contributed by atoms with Gasteiger partial charge in [0.2, 0.25) is 0 Å². The van der Waals surface area contributed by atoms with Gasteiger partial charge in [-0.15, -0.1) is 0 Å². The maximum Gasteiger partial charge on any atom is 0.0118 e. The second kappa shape index (κ2) is 5.13. The fourth-order valence-corrected chi connectivity index (χ4v) is 2.18. The van der Waals surface area contributed by atoms with Gasteiger partial charge in [0.25, 0.3) is 0 Å². The molecule has 0 N–H and O–H groups in total. The second-order valence-electron chi connectivity index (χ2n) is 3.44. The van der Waals surface area contributed by atoms with E-state index in [1.807, 2.05) is 17.8 Å². The molecule has 0 aliphatic carbocycles. The third-order valence-corrected chi connectivity index (χ3v) is 2.56. The molecule has 0 spiro atoms. The van der Waals surface area contributed by atoms with E-state index in [9.17, 15) is 0 Å². The molecule has 1 rings (SSSR count). The maximum absolute atomic E-state index is 2.29. The molecular weight excluding hydrogens is 176 g/mol. The Balaban J connectivity index is 2.60. The van der Waals surface area contributed by atoms with Crippen molar-refractivity contribution in [2.24, 2.45) is 5.92 Å². The summed E-state index contributed by atoms with van der Waals surface area (Å²) in [6.45, 7) is 6.57. The molecule has 0 aliphatic heterocycles. The molecule has 0 fully saturated rings. The van der Waals surface area contributed by atoms with E-state index in [2.05, 4.69) is 51.1 Å². The van der Waals surface area contributed by atoms with Crippen LogP contribution in [0.2, 0.25) is 0 Å². The first-order chi connectivity index (χ1) is 6.18. The lowest BCUT2D eigenvalue weighted by atomic mass is 10.2. The van der Waals surface area contributed by atoms with Crippen molar-refractivity contribution in [2.45, 2.75) is 25.7 Å². The zero-order valence-corrected chi connectivity index (χ0v) is 9.27. The minimum absolute atomic E-state index is 0.635. The van der Waals surface area contributed by atoms with Gasteiger partial charge < -0.3 is 0 Å². The van der Waals surface area contributed by atoms with Crippen molar-refractivity contribution in [1.29, 1.82) is 0 Å². The lowest BCUT2D eigenvalue weighted by Crippen LogP contribution is -1.80. The lowest BCUT2D eigenvalue weighted by Gasteiger charge is -2.02. The van der Waals surface area contributed by atoms with Crippen molar-refractivity contribution in [3.05, 3.63) is 41.3 Å². The average molecular weight is 192 g/mol. The van der Waals surface area contributed by atoms with E-state index in [4.69, 9.17) is 0 Å². The van der Waals surface area contributed by atoms with Crippen LogP contribution < -0.4 is 0 Å². The molecule has 1 heteroatoms. The number of allylic oxidation sites excluding steroid dienone is 2. The Morgan fingerprint density at radius 1 is 1.23 bits per heavy atom. The number of rotatable bonds is 3. The number of benzene rings is 1. The molecule has 0 radical (unpaired) electrons. The predicted molar refractivity (Wildman–Crippen MR) is 60.9 cm³/mol. The minimum atomic E-state index is 0.635. The maximum atomic E-state index is 2.29. The van der Waals surface area contributed by atoms with Crippen LogP contribution in [-0.4, -0.2) is 0 Å². The van der Waals surface area contributed by atoms with Crippen molar-refractivity contribution in [3.8, 4) is 0 Å². The highest BCUT2D eigenvalue weighted by molar-refractivity contribution is 8.03. The van der Waals surface area contributed by atoms with Gasteiger partial charge in [0.05, 0.1) is 0 Å². The normalized spacial score (nSPS) is 12.2. The fraction of sp³-hybridized carbons (Fsp3) is 0.333. The molecule has 13 heavy (non-hydrogen) atoms. The van der Waals surface area contributed by atoms with Gasteiger partial charge in [0.15, 0.2) is 0 Å². The number of thioether (sulfide) groups is 1. The van der Waals surface area contributed by atoms with Crippen molar-refractivity contribution < 1.29 is 0 Å². The Hall–Kier alpha value is -0.690. The molecule has 0 nitrogen and oxygen atoms in total. The van der Waals surface area contributed by atoms with Crippen LogP contribution in [0.15, 0.2) is 46.2 Å². The summed E-state index contributed by atoms with van der Waals surface area (Å²) in [4.78, 5) is 2.69. The topological polar surface area (TPSA) is 0 Å². The van der Waals surface area contributed by atoms with Gasteiger partial charge in [-0.1, -0.05) is 49.9 Å². The average Bonchev–Trinajstić information content (AvgIpc) is 2.04. The summed E-state index contributed by atoms with van der Waals surface area (Å²) in [7, 11) is 0. The summed E-state index contributed by atoms with van der Waals surface area (Å²) in [6, 6.07) is 10.5. The summed E-state index contributed by atoms with van der Waals surface area (Å²) in [5, 5.41) is 0. The molecule has 0 unspecified atom stereocenters. The Labute approximate surface area is 85.1 Å². The summed E-state index contributed by atoms with van der Waals surface area (Å²) in [6.07, 6.45) is 2.29. The quantitative estimate of drug-likeness (QED) is 0.642. The highest BCUT2D eigenvalue weighted by Crippen LogP contribution is 2.26. The van der Waals surface area contributed by atoms with Crippen LogP contribution in [-0.2, 0) is 0 Å². The van der Waals surface area contributed by atoms with E-state index < -0.39 is 0 Å². The number of hydrogen-bond donors (Lipinski definition) is 0. The van der Waals surface area contributed by atoms with Crippen molar-refractivity contribution in [3.63, 3.8) is 0 Å². The fourth-order valence-electron chi connectivity index (χ4n) is 1.18. The molecule has 70 valence electrons. The Kier molecular flexibility index (Phi) is 4.10. The minimum Gasteiger partial charge on any atom is -0.0952 e. The van der Waals surface area contributed by atoms with E-state index in [0.717, 1.165) is 0 Å². The highest BCUT2D eigenvalue weighted by atomic mass is 32.2. The van der Waals surface area contributed by atoms with Crippen LogP contribution in [0.3, 0.4) is 0 Å². The molecule has 0 saturated heterocycles. The third-order valence-electron chi connectivity index (χ3n) is 1.59. The molecule has 0 aromatic heterocycles. The van der Waals surface area contributed by atoms with Gasteiger partial charge in [0.1, 0.15) is 0 Å². The Morgan fingerprint density at radius 2 is 1.85 bits per heavy atom. The molecule has 0 saturated carbocycles. The summed E-state index contributed by atoms with van der Waals surface area (Å²) in [5.41, 5.74) is 0. The first-order valence-corrected chi connectivity index (χ1v) is 5.41. The SMILES string of the molecule is CC(=CC(C)C)Sc1ccccc1. The molecule has 0 atom stereocenters. The zero-order chi connectivity index (χ0) is 9.68. The molecule has 0 aliphatic rings. The monoisotopic (exact) mass is 192 g/mol. The molecular formula is C12H16S. The highest BCUT2D eigenvalue weighted by Gasteiger charge is 1.95. The van der Waals surface area contributed by atoms with Crippen LogP contribution in [0, 0.1) is 5.92 Å². The summed E-state index contributed by atoms with van der Waals surface area (Å²) < 4.78 is 0. The van der Waals surface area contributed by atoms with Crippen LogP contribution in [0.5, 0.6) is 0 Å². The third kappa shape index (κ3) is 4.18. The smallest absolute Gasteiger partial charge is 0.0118 e. The van der Waals surface area contributed by atoms with Gasteiger partial charge in [-0.3, -0.25) is 0 Å². The van der Waals surface area contributed by atoms with Gasteiger partial charge in [0, 0.05) is 4.90 Å². The van der Waals surface area contributed by atoms with E-state index in [0.29, 0.717) is 5.92 Å². The number of hydrogen-bond acceptors (Lipinski definition) is 1. The largest absolute Gasteiger partial charge is 0.0952 e. The van der Waals surface area contributed by atoms with Crippen LogP contribution in [0.25, 0.3) is 0 Å². The van der Waals surface area contributed by atoms with Crippen LogP contribution in [0.4, 0.5) is 0 Å². The summed E-state index contributed by atoms with van der Waals surface area (Å²) >= 11 is 1.83. The van der Waals surface area contributed by atoms with E-state index in [-0.39, 0.29) is 0 Å². The Morgan fingerprint density at radius 3 is 2.38 bits per heavy atom. The molecule has 0 bridgehead atoms. The van der Waals surface area contributed by atoms with Gasteiger partial charge in [-0.2, -0.15) is 0 Å². The first-order valence-electron chi connectivity index (χ1n) is 4.60. The van der Waals surface area contributed by atoms with Gasteiger partial charge in [-0.25, -0.2) is 0 Å². The van der Waals surface area contributed by atoms with E-state index >= 15 is 0 Å². The second-order valence-corrected chi connectivity index (χ2v) is 4.76. The molecule has 1 aromatic carbocycles. The van der Waals surface area contributed by atoms with Crippen molar-refractivity contribution in [2.75, 3.05) is 0 Å². The van der Waals surface area contributed by atoms with Gasteiger partial charge >= 0.3 is 0 Å². The zero-order valence-electron chi connectivity index (χ0n) is 8.45. The van der Waals surface area contributed by atoms with Crippen molar-refractivity contribution >= 4 is 11.8 Å².